The van der Waals surface area contributed by atoms with Crippen LogP contribution in [-0.2, 0) is 4.79 Å². The van der Waals surface area contributed by atoms with Crippen molar-refractivity contribution >= 4 is 17.6 Å². The SMILES string of the molecule is CC(=O)Nc1ccc(OC(=O)c2cccc(OCCOc3ccccc3)c2)cc1. The Bertz CT molecular complexity index is 955. The number of anilines is 1. The number of amides is 1. The molecule has 0 aliphatic heterocycles. The highest BCUT2D eigenvalue weighted by Crippen LogP contribution is 2.19. The minimum Gasteiger partial charge on any atom is -0.490 e. The third-order valence-corrected chi connectivity index (χ3v) is 3.82. The largest absolute Gasteiger partial charge is 0.490 e. The molecular formula is C23H21NO5. The smallest absolute Gasteiger partial charge is 0.343 e. The number of para-hydroxylation sites is 1. The molecule has 0 radical (unpaired) electrons. The average Bonchev–Trinajstić information content (AvgIpc) is 2.73. The second kappa shape index (κ2) is 9.94. The van der Waals surface area contributed by atoms with Crippen molar-refractivity contribution in [2.75, 3.05) is 18.5 Å². The molecule has 0 aromatic heterocycles. The van der Waals surface area contributed by atoms with E-state index >= 15 is 0 Å². The van der Waals surface area contributed by atoms with Gasteiger partial charge in [-0.15, -0.1) is 0 Å². The first-order chi connectivity index (χ1) is 14.1. The van der Waals surface area contributed by atoms with Crippen molar-refractivity contribution in [3.05, 3.63) is 84.4 Å². The van der Waals surface area contributed by atoms with Crippen LogP contribution >= 0.6 is 0 Å². The molecule has 3 rings (SSSR count). The Labute approximate surface area is 169 Å². The fraction of sp³-hybridized carbons (Fsp3) is 0.130. The van der Waals surface area contributed by atoms with Crippen molar-refractivity contribution in [2.45, 2.75) is 6.92 Å². The quantitative estimate of drug-likeness (QED) is 0.352. The summed E-state index contributed by atoms with van der Waals surface area (Å²) in [5.41, 5.74) is 1.00. The Hall–Kier alpha value is -3.80. The molecule has 3 aromatic rings. The van der Waals surface area contributed by atoms with Crippen molar-refractivity contribution in [2.24, 2.45) is 0 Å². The lowest BCUT2D eigenvalue weighted by molar-refractivity contribution is -0.114. The lowest BCUT2D eigenvalue weighted by Crippen LogP contribution is -2.11. The van der Waals surface area contributed by atoms with E-state index in [1.54, 1.807) is 48.5 Å². The zero-order valence-corrected chi connectivity index (χ0v) is 16.0. The van der Waals surface area contributed by atoms with Crippen LogP contribution in [0.1, 0.15) is 17.3 Å². The van der Waals surface area contributed by atoms with Crippen LogP contribution in [-0.4, -0.2) is 25.1 Å². The zero-order valence-electron chi connectivity index (χ0n) is 16.0. The first kappa shape index (κ1) is 19.9. The number of esters is 1. The summed E-state index contributed by atoms with van der Waals surface area (Å²) in [6, 6.07) is 22.8. The van der Waals surface area contributed by atoms with Crippen molar-refractivity contribution in [3.63, 3.8) is 0 Å². The Morgan fingerprint density at radius 2 is 1.41 bits per heavy atom. The van der Waals surface area contributed by atoms with E-state index in [9.17, 15) is 9.59 Å². The van der Waals surface area contributed by atoms with Gasteiger partial charge in [0, 0.05) is 12.6 Å². The topological polar surface area (TPSA) is 73.9 Å². The predicted octanol–water partition coefficient (Wildman–Crippen LogP) is 4.32. The monoisotopic (exact) mass is 391 g/mol. The summed E-state index contributed by atoms with van der Waals surface area (Å²) in [6.45, 7) is 2.16. The van der Waals surface area contributed by atoms with E-state index in [0.717, 1.165) is 5.75 Å². The molecule has 0 unspecified atom stereocenters. The molecule has 148 valence electrons. The van der Waals surface area contributed by atoms with Gasteiger partial charge in [-0.2, -0.15) is 0 Å². The molecular weight excluding hydrogens is 370 g/mol. The number of nitrogens with one attached hydrogen (secondary N) is 1. The normalized spacial score (nSPS) is 10.1. The molecule has 6 heteroatoms. The van der Waals surface area contributed by atoms with Crippen molar-refractivity contribution < 1.29 is 23.8 Å². The highest BCUT2D eigenvalue weighted by atomic mass is 16.5. The van der Waals surface area contributed by atoms with Crippen molar-refractivity contribution in [3.8, 4) is 17.2 Å². The summed E-state index contributed by atoms with van der Waals surface area (Å²) in [5.74, 6) is 1.05. The number of rotatable bonds is 8. The predicted molar refractivity (Wildman–Crippen MR) is 110 cm³/mol. The molecule has 1 N–H and O–H groups in total. The lowest BCUT2D eigenvalue weighted by Gasteiger charge is -2.10. The number of benzene rings is 3. The van der Waals surface area contributed by atoms with Crippen molar-refractivity contribution in [1.82, 2.24) is 0 Å². The molecule has 0 saturated carbocycles. The van der Waals surface area contributed by atoms with E-state index < -0.39 is 5.97 Å². The Balaban J connectivity index is 1.51. The Morgan fingerprint density at radius 3 is 2.10 bits per heavy atom. The molecule has 0 aliphatic carbocycles. The van der Waals surface area contributed by atoms with E-state index in [1.807, 2.05) is 30.3 Å². The molecule has 3 aromatic carbocycles. The summed E-state index contributed by atoms with van der Waals surface area (Å²) < 4.78 is 16.6. The third-order valence-electron chi connectivity index (χ3n) is 3.82. The number of hydrogen-bond donors (Lipinski definition) is 1. The molecule has 0 spiro atoms. The highest BCUT2D eigenvalue weighted by Gasteiger charge is 2.10. The average molecular weight is 391 g/mol. The van der Waals surface area contributed by atoms with E-state index in [0.29, 0.717) is 36.0 Å². The first-order valence-electron chi connectivity index (χ1n) is 9.11. The van der Waals surface area contributed by atoms with Gasteiger partial charge in [0.1, 0.15) is 30.5 Å². The number of carbonyl (C=O) groups excluding carboxylic acids is 2. The number of carbonyl (C=O) groups is 2. The van der Waals surface area contributed by atoms with Crippen LogP contribution < -0.4 is 19.5 Å². The molecule has 0 aliphatic rings. The van der Waals surface area contributed by atoms with Crippen LogP contribution in [0.3, 0.4) is 0 Å². The van der Waals surface area contributed by atoms with Crippen molar-refractivity contribution in [1.29, 1.82) is 0 Å². The first-order valence-corrected chi connectivity index (χ1v) is 9.11. The van der Waals surface area contributed by atoms with Gasteiger partial charge in [0.15, 0.2) is 0 Å². The molecule has 0 atom stereocenters. The van der Waals surface area contributed by atoms with Gasteiger partial charge in [-0.3, -0.25) is 4.79 Å². The van der Waals surface area contributed by atoms with Gasteiger partial charge in [-0.1, -0.05) is 24.3 Å². The van der Waals surface area contributed by atoms with Gasteiger partial charge >= 0.3 is 5.97 Å². The highest BCUT2D eigenvalue weighted by molar-refractivity contribution is 5.92. The van der Waals surface area contributed by atoms with Gasteiger partial charge in [-0.25, -0.2) is 4.79 Å². The van der Waals surface area contributed by atoms with E-state index in [4.69, 9.17) is 14.2 Å². The second-order valence-electron chi connectivity index (χ2n) is 6.13. The molecule has 1 amide bonds. The van der Waals surface area contributed by atoms with Crippen LogP contribution in [0.2, 0.25) is 0 Å². The standard InChI is InChI=1S/C23H21NO5/c1-17(25)24-19-10-12-21(13-11-19)29-23(26)18-6-5-9-22(16-18)28-15-14-27-20-7-3-2-4-8-20/h2-13,16H,14-15H2,1H3,(H,24,25). The van der Waals surface area contributed by atoms with Crippen LogP contribution in [0.5, 0.6) is 17.2 Å². The molecule has 0 heterocycles. The van der Waals surface area contributed by atoms with Crippen LogP contribution in [0.15, 0.2) is 78.9 Å². The van der Waals surface area contributed by atoms with E-state index in [2.05, 4.69) is 5.32 Å². The maximum Gasteiger partial charge on any atom is 0.343 e. The summed E-state index contributed by atoms with van der Waals surface area (Å²) in [6.07, 6.45) is 0. The second-order valence-corrected chi connectivity index (χ2v) is 6.13. The molecule has 0 fully saturated rings. The van der Waals surface area contributed by atoms with Gasteiger partial charge < -0.3 is 19.5 Å². The Kier molecular flexibility index (Phi) is 6.84. The summed E-state index contributed by atoms with van der Waals surface area (Å²) in [7, 11) is 0. The van der Waals surface area contributed by atoms with Crippen LogP contribution in [0, 0.1) is 0 Å². The summed E-state index contributed by atoms with van der Waals surface area (Å²) >= 11 is 0. The number of hydrogen-bond acceptors (Lipinski definition) is 5. The molecule has 29 heavy (non-hydrogen) atoms. The van der Waals surface area contributed by atoms with Gasteiger partial charge in [0.25, 0.3) is 0 Å². The molecule has 0 saturated heterocycles. The fourth-order valence-corrected chi connectivity index (χ4v) is 2.52. The third kappa shape index (κ3) is 6.39. The number of ether oxygens (including phenoxy) is 3. The van der Waals surface area contributed by atoms with Gasteiger partial charge in [0.2, 0.25) is 5.91 Å². The minimum absolute atomic E-state index is 0.166. The van der Waals surface area contributed by atoms with E-state index in [1.165, 1.54) is 6.92 Å². The van der Waals surface area contributed by atoms with Gasteiger partial charge in [-0.05, 0) is 54.6 Å². The molecule has 0 bridgehead atoms. The summed E-state index contributed by atoms with van der Waals surface area (Å²) in [4.78, 5) is 23.4. The fourth-order valence-electron chi connectivity index (χ4n) is 2.52. The lowest BCUT2D eigenvalue weighted by atomic mass is 10.2. The maximum atomic E-state index is 12.4. The Morgan fingerprint density at radius 1 is 0.759 bits per heavy atom. The maximum absolute atomic E-state index is 12.4. The van der Waals surface area contributed by atoms with E-state index in [-0.39, 0.29) is 5.91 Å². The molecule has 6 nitrogen and oxygen atoms in total. The van der Waals surface area contributed by atoms with Crippen LogP contribution in [0.25, 0.3) is 0 Å². The van der Waals surface area contributed by atoms with Gasteiger partial charge in [0.05, 0.1) is 5.56 Å². The zero-order chi connectivity index (χ0) is 20.5. The minimum atomic E-state index is -0.497. The van der Waals surface area contributed by atoms with Crippen LogP contribution in [0.4, 0.5) is 5.69 Å². The summed E-state index contributed by atoms with van der Waals surface area (Å²) in [5, 5.41) is 2.65.